The number of hydrogen-bond donors (Lipinski definition) is 2. The van der Waals surface area contributed by atoms with Crippen LogP contribution in [0.1, 0.15) is 50.8 Å². The molecule has 1 aliphatic heterocycles. The zero-order valence-electron chi connectivity index (χ0n) is 25.4. The molecule has 2 N–H and O–H groups in total. The van der Waals surface area contributed by atoms with Gasteiger partial charge in [-0.25, -0.2) is 13.4 Å². The molecule has 1 fully saturated rings. The molecule has 1 aliphatic rings. The van der Waals surface area contributed by atoms with Crippen molar-refractivity contribution in [3.63, 3.8) is 0 Å². The van der Waals surface area contributed by atoms with E-state index in [-0.39, 0.29) is 47.7 Å². The Morgan fingerprint density at radius 3 is 2.52 bits per heavy atom. The molecule has 3 heterocycles. The van der Waals surface area contributed by atoms with Crippen LogP contribution in [0.15, 0.2) is 33.0 Å². The quantitative estimate of drug-likeness (QED) is 0.103. The maximum Gasteiger partial charge on any atom is 0.294 e. The van der Waals surface area contributed by atoms with Crippen LogP contribution in [0.25, 0.3) is 22.4 Å². The van der Waals surface area contributed by atoms with Gasteiger partial charge in [-0.2, -0.15) is 4.31 Å². The fraction of sp³-hybridized carbons (Fsp3) is 0.519. The van der Waals surface area contributed by atoms with Crippen LogP contribution in [-0.4, -0.2) is 81.3 Å². The molecule has 46 heavy (non-hydrogen) atoms. The molecule has 19 heteroatoms. The van der Waals surface area contributed by atoms with Gasteiger partial charge in [-0.1, -0.05) is 25.4 Å². The third kappa shape index (κ3) is 7.20. The van der Waals surface area contributed by atoms with Gasteiger partial charge < -0.3 is 29.2 Å². The summed E-state index contributed by atoms with van der Waals surface area (Å²) in [7, 11) is -2.46. The second-order valence-corrected chi connectivity index (χ2v) is 12.6. The van der Waals surface area contributed by atoms with Crippen molar-refractivity contribution in [2.45, 2.75) is 57.0 Å². The van der Waals surface area contributed by atoms with E-state index in [4.69, 9.17) is 9.72 Å². The normalized spacial score (nSPS) is 15.3. The minimum atomic E-state index is -4.11. The number of piperidine rings is 1. The molecular weight excluding hydrogens is 630 g/mol. The summed E-state index contributed by atoms with van der Waals surface area (Å²) >= 11 is 0. The van der Waals surface area contributed by atoms with E-state index in [9.17, 15) is 38.6 Å². The van der Waals surface area contributed by atoms with Crippen LogP contribution in [0.2, 0.25) is 0 Å². The largest absolute Gasteiger partial charge is 0.493 e. The first-order valence-corrected chi connectivity index (χ1v) is 16.0. The average molecular weight is 666 g/mol. The topological polar surface area (TPSA) is 235 Å². The van der Waals surface area contributed by atoms with Gasteiger partial charge in [0.25, 0.3) is 15.7 Å². The molecule has 1 aromatic carbocycles. The maximum absolute atomic E-state index is 13.8. The van der Waals surface area contributed by atoms with Gasteiger partial charge in [-0.05, 0) is 49.8 Å². The second-order valence-electron chi connectivity index (χ2n) is 10.7. The number of aryl methyl sites for hydroxylation is 2. The number of hydrogen-bond acceptors (Lipinski definition) is 13. The lowest BCUT2D eigenvalue weighted by atomic mass is 9.92. The smallest absolute Gasteiger partial charge is 0.294 e. The number of aromatic nitrogens is 3. The van der Waals surface area contributed by atoms with Crippen LogP contribution >= 0.6 is 0 Å². The van der Waals surface area contributed by atoms with Gasteiger partial charge in [0.15, 0.2) is 0 Å². The molecule has 250 valence electrons. The number of sulfonamides is 1. The molecule has 1 saturated heterocycles. The van der Waals surface area contributed by atoms with Crippen LogP contribution in [0, 0.1) is 26.1 Å². The summed E-state index contributed by atoms with van der Waals surface area (Å²) in [4.78, 5) is 51.2. The van der Waals surface area contributed by atoms with Crippen molar-refractivity contribution in [3.05, 3.63) is 60.0 Å². The predicted molar refractivity (Wildman–Crippen MR) is 162 cm³/mol. The van der Waals surface area contributed by atoms with Crippen molar-refractivity contribution in [2.24, 2.45) is 18.1 Å². The number of aromatic amines is 1. The molecule has 0 aliphatic carbocycles. The maximum atomic E-state index is 13.8. The van der Waals surface area contributed by atoms with Crippen LogP contribution in [0.4, 0.5) is 0 Å². The molecule has 0 bridgehead atoms. The number of rotatable bonds is 15. The standard InChI is InChI=1S/C27H35N7O11S/c1-4-6-19-21(15-28-36)31(3)25-24(19)29-26(30-27(25)35)20-14-18(7-8-22(20)43-13-5-2)46(41,42)32-11-9-17(10-12-32)23(45-34(39)40)16-44-33(37)38/h7-8,14-15,17,23,36H,4-6,9-13,16H2,1-3H3,(H,29,30,35)/b28-15+/t23-/m1/s1. The Labute approximate surface area is 262 Å². The molecule has 0 radical (unpaired) electrons. The molecular formula is C27H35N7O11S. The highest BCUT2D eigenvalue weighted by atomic mass is 32.2. The van der Waals surface area contributed by atoms with Gasteiger partial charge >= 0.3 is 0 Å². The van der Waals surface area contributed by atoms with Gasteiger partial charge in [0.05, 0.1) is 29.0 Å². The van der Waals surface area contributed by atoms with Crippen molar-refractivity contribution < 1.29 is 38.2 Å². The zero-order chi connectivity index (χ0) is 33.6. The predicted octanol–water partition coefficient (Wildman–Crippen LogP) is 2.66. The van der Waals surface area contributed by atoms with Crippen molar-refractivity contribution in [2.75, 3.05) is 26.3 Å². The first kappa shape index (κ1) is 34.1. The summed E-state index contributed by atoms with van der Waals surface area (Å²) in [6, 6.07) is 4.25. The van der Waals surface area contributed by atoms with Crippen LogP contribution in [-0.2, 0) is 33.2 Å². The number of benzene rings is 1. The fourth-order valence-corrected chi connectivity index (χ4v) is 7.10. The SMILES string of the molecule is CCCOc1ccc(S(=O)(=O)N2CCC([C@@H](CO[N+](=O)[O-])O[N+](=O)[O-])CC2)cc1-c1nc2c(CCC)c(/C=N/O)n(C)c2c(=O)[nH]1. The Kier molecular flexibility index (Phi) is 10.8. The third-order valence-corrected chi connectivity index (χ3v) is 9.66. The van der Waals surface area contributed by atoms with Crippen molar-refractivity contribution >= 4 is 27.3 Å². The highest BCUT2D eigenvalue weighted by molar-refractivity contribution is 7.89. The lowest BCUT2D eigenvalue weighted by molar-refractivity contribution is -0.791. The summed E-state index contributed by atoms with van der Waals surface area (Å²) in [6.45, 7) is 3.44. The Hall–Kier alpha value is -4.78. The minimum absolute atomic E-state index is 0.0346. The van der Waals surface area contributed by atoms with Gasteiger partial charge in [0.1, 0.15) is 35.3 Å². The van der Waals surface area contributed by atoms with E-state index in [2.05, 4.69) is 19.8 Å². The number of fused-ring (bicyclic) bond motifs is 1. The minimum Gasteiger partial charge on any atom is -0.493 e. The van der Waals surface area contributed by atoms with E-state index in [1.807, 2.05) is 13.8 Å². The monoisotopic (exact) mass is 665 g/mol. The molecule has 1 atom stereocenters. The summed E-state index contributed by atoms with van der Waals surface area (Å²) in [6.07, 6.45) is 2.15. The van der Waals surface area contributed by atoms with E-state index in [0.717, 1.165) is 0 Å². The van der Waals surface area contributed by atoms with E-state index >= 15 is 0 Å². The summed E-state index contributed by atoms with van der Waals surface area (Å²) in [5, 5.41) is 31.8. The number of ether oxygens (including phenoxy) is 1. The average Bonchev–Trinajstić information content (AvgIpc) is 3.28. The van der Waals surface area contributed by atoms with Gasteiger partial charge in [-0.3, -0.25) is 4.79 Å². The molecule has 0 spiro atoms. The van der Waals surface area contributed by atoms with Crippen molar-refractivity contribution in [1.29, 1.82) is 0 Å². The molecule has 0 amide bonds. The highest BCUT2D eigenvalue weighted by Gasteiger charge is 2.35. The first-order chi connectivity index (χ1) is 21.9. The Balaban J connectivity index is 1.71. The van der Waals surface area contributed by atoms with Crippen LogP contribution < -0.4 is 10.3 Å². The van der Waals surface area contributed by atoms with E-state index in [0.29, 0.717) is 48.4 Å². The number of nitrogens with one attached hydrogen (secondary N) is 1. The van der Waals surface area contributed by atoms with Gasteiger partial charge in [-0.15, -0.1) is 20.2 Å². The third-order valence-electron chi connectivity index (χ3n) is 7.76. The fourth-order valence-electron chi connectivity index (χ4n) is 5.60. The second kappa shape index (κ2) is 14.5. The summed E-state index contributed by atoms with van der Waals surface area (Å²) < 4.78 is 36.3. The van der Waals surface area contributed by atoms with Crippen molar-refractivity contribution in [3.8, 4) is 17.1 Å². The van der Waals surface area contributed by atoms with E-state index in [1.165, 1.54) is 28.7 Å². The van der Waals surface area contributed by atoms with Gasteiger partial charge in [0, 0.05) is 25.7 Å². The first-order valence-electron chi connectivity index (χ1n) is 14.6. The molecule has 0 unspecified atom stereocenters. The molecule has 0 saturated carbocycles. The Morgan fingerprint density at radius 1 is 1.20 bits per heavy atom. The van der Waals surface area contributed by atoms with E-state index < -0.39 is 44.4 Å². The van der Waals surface area contributed by atoms with Crippen LogP contribution in [0.3, 0.4) is 0 Å². The number of nitrogens with zero attached hydrogens (tertiary/aromatic N) is 6. The number of H-pyrrole nitrogens is 1. The molecule has 3 aromatic rings. The summed E-state index contributed by atoms with van der Waals surface area (Å²) in [5.74, 6) is -0.180. The van der Waals surface area contributed by atoms with E-state index in [1.54, 1.807) is 11.6 Å². The van der Waals surface area contributed by atoms with Gasteiger partial charge in [0.2, 0.25) is 10.0 Å². The molecule has 4 rings (SSSR count). The molecule has 18 nitrogen and oxygen atoms in total. The molecule has 2 aromatic heterocycles. The zero-order valence-corrected chi connectivity index (χ0v) is 26.3. The van der Waals surface area contributed by atoms with Crippen molar-refractivity contribution in [1.82, 2.24) is 18.8 Å². The Bertz CT molecular complexity index is 1780. The summed E-state index contributed by atoms with van der Waals surface area (Å²) in [5.41, 5.74) is 1.59. The lowest BCUT2D eigenvalue weighted by Gasteiger charge is -2.34. The lowest BCUT2D eigenvalue weighted by Crippen LogP contribution is -2.43. The number of oxime groups is 1. The Morgan fingerprint density at radius 2 is 1.91 bits per heavy atom. The van der Waals surface area contributed by atoms with Crippen LogP contribution in [0.5, 0.6) is 5.75 Å². The highest BCUT2D eigenvalue weighted by Crippen LogP contribution is 2.34.